The molecule has 0 saturated heterocycles. The van der Waals surface area contributed by atoms with E-state index in [-0.39, 0.29) is 11.8 Å². The number of thiocarbonyl (C=S) groups is 2. The SMILES string of the molecule is N=C1CCCC1C(=S)SSC(=S)C1CCCC1=N. The number of hydrogen-bond acceptors (Lipinski definition) is 6. The van der Waals surface area contributed by atoms with Crippen LogP contribution in [0.5, 0.6) is 0 Å². The Morgan fingerprint density at radius 1 is 0.889 bits per heavy atom. The van der Waals surface area contributed by atoms with Gasteiger partial charge >= 0.3 is 0 Å². The van der Waals surface area contributed by atoms with Crippen LogP contribution in [0.15, 0.2) is 0 Å². The van der Waals surface area contributed by atoms with Crippen molar-refractivity contribution in [3.05, 3.63) is 0 Å². The van der Waals surface area contributed by atoms with Crippen LogP contribution in [0, 0.1) is 22.7 Å². The average Bonchev–Trinajstić information content (AvgIpc) is 2.94. The van der Waals surface area contributed by atoms with Gasteiger partial charge in [-0.1, -0.05) is 24.4 Å². The largest absolute Gasteiger partial charge is 0.309 e. The highest BCUT2D eigenvalue weighted by atomic mass is 33.1. The molecule has 2 saturated carbocycles. The molecule has 2 N–H and O–H groups in total. The van der Waals surface area contributed by atoms with Crippen molar-refractivity contribution in [1.29, 1.82) is 10.8 Å². The molecule has 0 spiro atoms. The fourth-order valence-corrected chi connectivity index (χ4v) is 5.65. The molecule has 0 aromatic carbocycles. The second kappa shape index (κ2) is 6.59. The van der Waals surface area contributed by atoms with E-state index in [0.717, 1.165) is 58.3 Å². The van der Waals surface area contributed by atoms with Crippen LogP contribution in [0.4, 0.5) is 0 Å². The van der Waals surface area contributed by atoms with Crippen molar-refractivity contribution in [2.75, 3.05) is 0 Å². The van der Waals surface area contributed by atoms with Crippen molar-refractivity contribution < 1.29 is 0 Å². The molecule has 18 heavy (non-hydrogen) atoms. The van der Waals surface area contributed by atoms with Crippen LogP contribution in [0.2, 0.25) is 0 Å². The molecule has 0 bridgehead atoms. The van der Waals surface area contributed by atoms with Crippen LogP contribution in [0.25, 0.3) is 0 Å². The van der Waals surface area contributed by atoms with Crippen molar-refractivity contribution >= 4 is 65.8 Å². The predicted octanol–water partition coefficient (Wildman–Crippen LogP) is 4.66. The molecule has 0 amide bonds. The molecule has 98 valence electrons. The summed E-state index contributed by atoms with van der Waals surface area (Å²) in [5, 5.41) is 15.7. The Kier molecular flexibility index (Phi) is 5.35. The third-order valence-electron chi connectivity index (χ3n) is 3.49. The highest BCUT2D eigenvalue weighted by Crippen LogP contribution is 2.38. The maximum atomic E-state index is 7.84. The van der Waals surface area contributed by atoms with E-state index in [2.05, 4.69) is 0 Å². The van der Waals surface area contributed by atoms with Crippen LogP contribution in [-0.2, 0) is 0 Å². The number of hydrogen-bond donors (Lipinski definition) is 2. The maximum absolute atomic E-state index is 7.84. The third-order valence-corrected chi connectivity index (χ3v) is 7.50. The molecule has 6 heteroatoms. The first kappa shape index (κ1) is 14.6. The van der Waals surface area contributed by atoms with Gasteiger partial charge in [-0.15, -0.1) is 0 Å². The molecule has 0 aliphatic heterocycles. The normalized spacial score (nSPS) is 27.8. The van der Waals surface area contributed by atoms with Gasteiger partial charge in [-0.3, -0.25) is 0 Å². The minimum absolute atomic E-state index is 0.184. The van der Waals surface area contributed by atoms with Gasteiger partial charge in [0.25, 0.3) is 0 Å². The lowest BCUT2D eigenvalue weighted by atomic mass is 10.1. The predicted molar refractivity (Wildman–Crippen MR) is 90.5 cm³/mol. The fourth-order valence-electron chi connectivity index (χ4n) is 2.41. The van der Waals surface area contributed by atoms with E-state index in [4.69, 9.17) is 35.3 Å². The molecule has 2 unspecified atom stereocenters. The molecule has 2 aliphatic carbocycles. The lowest BCUT2D eigenvalue weighted by molar-refractivity contribution is 0.825. The molecule has 2 aliphatic rings. The first-order chi connectivity index (χ1) is 8.59. The molecule has 0 radical (unpaired) electrons. The second-order valence-corrected chi connectivity index (χ2v) is 8.35. The summed E-state index contributed by atoms with van der Waals surface area (Å²) < 4.78 is 1.80. The summed E-state index contributed by atoms with van der Waals surface area (Å²) in [6.07, 6.45) is 6.02. The first-order valence-electron chi connectivity index (χ1n) is 6.16. The van der Waals surface area contributed by atoms with Crippen LogP contribution in [-0.4, -0.2) is 19.8 Å². The molecule has 0 aromatic heterocycles. The fraction of sp³-hybridized carbons (Fsp3) is 0.667. The van der Waals surface area contributed by atoms with Gasteiger partial charge in [0.2, 0.25) is 0 Å². The molecular weight excluding hydrogens is 300 g/mol. The van der Waals surface area contributed by atoms with Crippen molar-refractivity contribution in [1.82, 2.24) is 0 Å². The summed E-state index contributed by atoms with van der Waals surface area (Å²) in [7, 11) is 3.09. The van der Waals surface area contributed by atoms with E-state index >= 15 is 0 Å². The van der Waals surface area contributed by atoms with Gasteiger partial charge in [-0.05, 0) is 60.1 Å². The quantitative estimate of drug-likeness (QED) is 0.574. The zero-order valence-corrected chi connectivity index (χ0v) is 13.3. The van der Waals surface area contributed by atoms with Crippen LogP contribution >= 0.6 is 46.0 Å². The van der Waals surface area contributed by atoms with Crippen molar-refractivity contribution in [3.8, 4) is 0 Å². The topological polar surface area (TPSA) is 47.7 Å². The Morgan fingerprint density at radius 2 is 1.28 bits per heavy atom. The average molecular weight is 317 g/mol. The Morgan fingerprint density at radius 3 is 1.56 bits per heavy atom. The monoisotopic (exact) mass is 316 g/mol. The maximum Gasteiger partial charge on any atom is 0.0677 e. The zero-order chi connectivity index (χ0) is 13.1. The molecule has 0 aromatic rings. The van der Waals surface area contributed by atoms with E-state index in [1.807, 2.05) is 0 Å². The highest BCUT2D eigenvalue weighted by molar-refractivity contribution is 8.89. The standard InChI is InChI=1S/C12H16N2S4/c13-9-5-1-3-7(9)11(15)17-18-12(16)8-4-2-6-10(8)14/h7-8,13-14H,1-6H2. The minimum Gasteiger partial charge on any atom is -0.309 e. The Labute approximate surface area is 126 Å². The Balaban J connectivity index is 1.80. The summed E-state index contributed by atoms with van der Waals surface area (Å²) in [5.41, 5.74) is 1.57. The molecular formula is C12H16N2S4. The van der Waals surface area contributed by atoms with Crippen molar-refractivity contribution in [2.24, 2.45) is 11.8 Å². The Hall–Kier alpha value is 0.220. The van der Waals surface area contributed by atoms with Crippen LogP contribution < -0.4 is 0 Å². The molecule has 2 atom stereocenters. The van der Waals surface area contributed by atoms with Crippen LogP contribution in [0.1, 0.15) is 38.5 Å². The summed E-state index contributed by atoms with van der Waals surface area (Å²) in [6, 6.07) is 0. The highest BCUT2D eigenvalue weighted by Gasteiger charge is 2.28. The summed E-state index contributed by atoms with van der Waals surface area (Å²) in [6.45, 7) is 0. The van der Waals surface area contributed by atoms with Crippen LogP contribution in [0.3, 0.4) is 0 Å². The van der Waals surface area contributed by atoms with E-state index in [1.54, 1.807) is 21.6 Å². The molecule has 2 nitrogen and oxygen atoms in total. The summed E-state index contributed by atoms with van der Waals surface area (Å²) in [5.74, 6) is 0.367. The number of nitrogens with one attached hydrogen (secondary N) is 2. The smallest absolute Gasteiger partial charge is 0.0677 e. The molecule has 2 rings (SSSR count). The first-order valence-corrected chi connectivity index (χ1v) is 9.13. The van der Waals surface area contributed by atoms with Gasteiger partial charge in [0.1, 0.15) is 0 Å². The van der Waals surface area contributed by atoms with E-state index in [0.29, 0.717) is 0 Å². The molecule has 2 fully saturated rings. The second-order valence-electron chi connectivity index (χ2n) is 4.74. The third kappa shape index (κ3) is 3.40. The van der Waals surface area contributed by atoms with E-state index < -0.39 is 0 Å². The van der Waals surface area contributed by atoms with Gasteiger partial charge < -0.3 is 10.8 Å². The van der Waals surface area contributed by atoms with Crippen molar-refractivity contribution in [3.63, 3.8) is 0 Å². The van der Waals surface area contributed by atoms with Gasteiger partial charge in [0.15, 0.2) is 0 Å². The lowest BCUT2D eigenvalue weighted by Gasteiger charge is -2.13. The van der Waals surface area contributed by atoms with E-state index in [9.17, 15) is 0 Å². The summed E-state index contributed by atoms with van der Waals surface area (Å²) >= 11 is 10.8. The van der Waals surface area contributed by atoms with E-state index in [1.165, 1.54) is 0 Å². The van der Waals surface area contributed by atoms with Gasteiger partial charge in [-0.2, -0.15) is 0 Å². The number of rotatable bonds is 2. The lowest BCUT2D eigenvalue weighted by Crippen LogP contribution is -2.15. The minimum atomic E-state index is 0.184. The molecule has 0 heterocycles. The zero-order valence-electron chi connectivity index (χ0n) is 10.0. The van der Waals surface area contributed by atoms with Gasteiger partial charge in [-0.25, -0.2) is 0 Å². The van der Waals surface area contributed by atoms with Crippen molar-refractivity contribution in [2.45, 2.75) is 38.5 Å². The van der Waals surface area contributed by atoms with Gasteiger partial charge in [0, 0.05) is 23.3 Å². The van der Waals surface area contributed by atoms with Gasteiger partial charge in [0.05, 0.1) is 8.39 Å². The Bertz CT molecular complexity index is 367. The summed E-state index contributed by atoms with van der Waals surface area (Å²) in [4.78, 5) is 0.